The van der Waals surface area contributed by atoms with Crippen LogP contribution in [0.25, 0.3) is 11.0 Å². The molecule has 3 heterocycles. The molecule has 2 N–H and O–H groups in total. The molecule has 8 nitrogen and oxygen atoms in total. The van der Waals surface area contributed by atoms with E-state index in [4.69, 9.17) is 9.72 Å². The fraction of sp³-hybridized carbons (Fsp3) is 0.103. The lowest BCUT2D eigenvalue weighted by Crippen LogP contribution is -2.17. The molecule has 0 unspecified atom stereocenters. The SMILES string of the molecule is COC(=O)c1c(NC(=O)c2cccnc2)c2cc(NCc3ccccc3)cnc2n1Cc1ccccc1. The highest BCUT2D eigenvalue weighted by Crippen LogP contribution is 2.33. The van der Waals surface area contributed by atoms with E-state index in [1.165, 1.54) is 13.3 Å². The maximum Gasteiger partial charge on any atom is 0.356 e. The maximum absolute atomic E-state index is 13.1. The van der Waals surface area contributed by atoms with E-state index in [1.54, 1.807) is 29.1 Å². The van der Waals surface area contributed by atoms with E-state index in [9.17, 15) is 9.59 Å². The van der Waals surface area contributed by atoms with Gasteiger partial charge in [-0.15, -0.1) is 0 Å². The molecule has 2 aromatic carbocycles. The van der Waals surface area contributed by atoms with Crippen LogP contribution in [0.3, 0.4) is 0 Å². The number of hydrogen-bond donors (Lipinski definition) is 2. The van der Waals surface area contributed by atoms with Crippen LogP contribution in [-0.2, 0) is 17.8 Å². The number of anilines is 2. The molecule has 8 heteroatoms. The first-order valence-corrected chi connectivity index (χ1v) is 11.8. The minimum absolute atomic E-state index is 0.214. The molecule has 0 fully saturated rings. The summed E-state index contributed by atoms with van der Waals surface area (Å²) in [5.74, 6) is -0.964. The third kappa shape index (κ3) is 5.18. The number of pyridine rings is 2. The Hall–Kier alpha value is -4.98. The first-order valence-electron chi connectivity index (χ1n) is 11.8. The van der Waals surface area contributed by atoms with Crippen molar-refractivity contribution in [1.29, 1.82) is 0 Å². The first kappa shape index (κ1) is 23.7. The average molecular weight is 492 g/mol. The Balaban J connectivity index is 1.61. The van der Waals surface area contributed by atoms with E-state index in [0.717, 1.165) is 16.8 Å². The van der Waals surface area contributed by atoms with Gasteiger partial charge >= 0.3 is 5.97 Å². The second-order valence-electron chi connectivity index (χ2n) is 8.42. The fourth-order valence-corrected chi connectivity index (χ4v) is 4.16. The summed E-state index contributed by atoms with van der Waals surface area (Å²) in [4.78, 5) is 34.9. The van der Waals surface area contributed by atoms with Crippen LogP contribution in [0, 0.1) is 0 Å². The number of rotatable bonds is 8. The molecular formula is C29H25N5O3. The molecule has 37 heavy (non-hydrogen) atoms. The molecule has 0 aliphatic rings. The van der Waals surface area contributed by atoms with E-state index in [2.05, 4.69) is 15.6 Å². The van der Waals surface area contributed by atoms with Crippen molar-refractivity contribution in [2.45, 2.75) is 13.1 Å². The van der Waals surface area contributed by atoms with Gasteiger partial charge in [0.2, 0.25) is 0 Å². The molecule has 0 atom stereocenters. The lowest BCUT2D eigenvalue weighted by Gasteiger charge is -2.11. The van der Waals surface area contributed by atoms with E-state index in [-0.39, 0.29) is 11.6 Å². The standard InChI is InChI=1S/C29H25N5O3/c1-37-29(36)26-25(33-28(35)22-13-8-14-30-17-22)24-15-23(31-16-20-9-4-2-5-10-20)18-32-27(24)34(26)19-21-11-6-3-7-12-21/h2-15,17-18,31H,16,19H2,1H3,(H,33,35). The number of nitrogens with zero attached hydrogens (tertiary/aromatic N) is 3. The van der Waals surface area contributed by atoms with Crippen LogP contribution in [0.1, 0.15) is 32.0 Å². The van der Waals surface area contributed by atoms with E-state index < -0.39 is 5.97 Å². The number of aromatic nitrogens is 3. The van der Waals surface area contributed by atoms with Crippen LogP contribution in [0.15, 0.2) is 97.5 Å². The van der Waals surface area contributed by atoms with Crippen molar-refractivity contribution in [3.63, 3.8) is 0 Å². The number of fused-ring (bicyclic) bond motifs is 1. The highest BCUT2D eigenvalue weighted by Gasteiger charge is 2.26. The molecule has 5 aromatic rings. The number of carbonyl (C=O) groups is 2. The van der Waals surface area contributed by atoms with Gasteiger partial charge < -0.3 is 19.9 Å². The molecule has 184 valence electrons. The molecule has 1 amide bonds. The van der Waals surface area contributed by atoms with Gasteiger partial charge in [-0.1, -0.05) is 60.7 Å². The van der Waals surface area contributed by atoms with E-state index >= 15 is 0 Å². The molecule has 0 bridgehead atoms. The Labute approximate surface area is 214 Å². The van der Waals surface area contributed by atoms with E-state index in [0.29, 0.717) is 35.4 Å². The quantitative estimate of drug-likeness (QED) is 0.292. The molecule has 0 aliphatic heterocycles. The fourth-order valence-electron chi connectivity index (χ4n) is 4.16. The van der Waals surface area contributed by atoms with Gasteiger partial charge in [-0.2, -0.15) is 0 Å². The van der Waals surface area contributed by atoms with Crippen LogP contribution in [0.5, 0.6) is 0 Å². The molecule has 0 aliphatic carbocycles. The van der Waals surface area contributed by atoms with Gasteiger partial charge in [0.05, 0.1) is 30.2 Å². The van der Waals surface area contributed by atoms with Crippen molar-refractivity contribution in [3.05, 3.63) is 120 Å². The summed E-state index contributed by atoms with van der Waals surface area (Å²) in [5.41, 5.74) is 4.31. The van der Waals surface area contributed by atoms with Gasteiger partial charge in [0, 0.05) is 30.9 Å². The summed E-state index contributed by atoms with van der Waals surface area (Å²) in [6.07, 6.45) is 4.79. The van der Waals surface area contributed by atoms with Crippen molar-refractivity contribution >= 4 is 34.3 Å². The maximum atomic E-state index is 13.1. The van der Waals surface area contributed by atoms with Crippen molar-refractivity contribution in [3.8, 4) is 0 Å². The summed E-state index contributed by atoms with van der Waals surface area (Å²) in [6, 6.07) is 25.0. The summed E-state index contributed by atoms with van der Waals surface area (Å²) in [6.45, 7) is 0.967. The predicted octanol–water partition coefficient (Wildman–Crippen LogP) is 5.13. The van der Waals surface area contributed by atoms with Crippen molar-refractivity contribution in [2.75, 3.05) is 17.7 Å². The summed E-state index contributed by atoms with van der Waals surface area (Å²) < 4.78 is 6.92. The summed E-state index contributed by atoms with van der Waals surface area (Å²) in [5, 5.41) is 6.92. The van der Waals surface area contributed by atoms with Gasteiger partial charge in [-0.3, -0.25) is 9.78 Å². The predicted molar refractivity (Wildman–Crippen MR) is 143 cm³/mol. The minimum Gasteiger partial charge on any atom is -0.464 e. The Morgan fingerprint density at radius 1 is 0.919 bits per heavy atom. The molecule has 0 radical (unpaired) electrons. The van der Waals surface area contributed by atoms with Gasteiger partial charge in [0.15, 0.2) is 5.69 Å². The monoisotopic (exact) mass is 491 g/mol. The van der Waals surface area contributed by atoms with Crippen molar-refractivity contribution in [2.24, 2.45) is 0 Å². The highest BCUT2D eigenvalue weighted by molar-refractivity contribution is 6.14. The number of nitrogens with one attached hydrogen (secondary N) is 2. The van der Waals surface area contributed by atoms with Gasteiger partial charge in [0.25, 0.3) is 5.91 Å². The third-order valence-corrected chi connectivity index (χ3v) is 5.96. The summed E-state index contributed by atoms with van der Waals surface area (Å²) >= 11 is 0. The van der Waals surface area contributed by atoms with Gasteiger partial charge in [0.1, 0.15) is 5.65 Å². The normalized spacial score (nSPS) is 10.7. The number of esters is 1. The molecular weight excluding hydrogens is 466 g/mol. The molecule has 5 rings (SSSR count). The smallest absolute Gasteiger partial charge is 0.356 e. The average Bonchev–Trinajstić information content (AvgIpc) is 3.25. The van der Waals surface area contributed by atoms with Crippen molar-refractivity contribution < 1.29 is 14.3 Å². The number of methoxy groups -OCH3 is 1. The molecule has 0 saturated carbocycles. The van der Waals surface area contributed by atoms with E-state index in [1.807, 2.05) is 66.7 Å². The second kappa shape index (κ2) is 10.7. The number of benzene rings is 2. The number of hydrogen-bond acceptors (Lipinski definition) is 6. The number of amides is 1. The largest absolute Gasteiger partial charge is 0.464 e. The molecule has 0 spiro atoms. The summed E-state index contributed by atoms with van der Waals surface area (Å²) in [7, 11) is 1.32. The first-order chi connectivity index (χ1) is 18.1. The van der Waals surface area contributed by atoms with Gasteiger partial charge in [-0.25, -0.2) is 9.78 Å². The number of carbonyl (C=O) groups excluding carboxylic acids is 2. The zero-order valence-corrected chi connectivity index (χ0v) is 20.2. The van der Waals surface area contributed by atoms with Crippen LogP contribution in [-0.4, -0.2) is 33.5 Å². The minimum atomic E-state index is -0.575. The lowest BCUT2D eigenvalue weighted by atomic mass is 10.2. The second-order valence-corrected chi connectivity index (χ2v) is 8.42. The highest BCUT2D eigenvalue weighted by atomic mass is 16.5. The Morgan fingerprint density at radius 2 is 1.65 bits per heavy atom. The topological polar surface area (TPSA) is 98.1 Å². The Kier molecular flexibility index (Phi) is 6.89. The van der Waals surface area contributed by atoms with Crippen LogP contribution in [0.2, 0.25) is 0 Å². The van der Waals surface area contributed by atoms with Crippen LogP contribution < -0.4 is 10.6 Å². The van der Waals surface area contributed by atoms with Crippen LogP contribution in [0.4, 0.5) is 11.4 Å². The third-order valence-electron chi connectivity index (χ3n) is 5.96. The number of ether oxygens (including phenoxy) is 1. The Morgan fingerprint density at radius 3 is 2.32 bits per heavy atom. The zero-order chi connectivity index (χ0) is 25.6. The lowest BCUT2D eigenvalue weighted by molar-refractivity contribution is 0.0591. The Bertz CT molecular complexity index is 1530. The van der Waals surface area contributed by atoms with Crippen LogP contribution >= 0.6 is 0 Å². The zero-order valence-electron chi connectivity index (χ0n) is 20.2. The molecule has 3 aromatic heterocycles. The van der Waals surface area contributed by atoms with Crippen molar-refractivity contribution in [1.82, 2.24) is 14.5 Å². The molecule has 0 saturated heterocycles. The van der Waals surface area contributed by atoms with Gasteiger partial charge in [-0.05, 0) is 29.3 Å².